The van der Waals surface area contributed by atoms with Gasteiger partial charge in [-0.1, -0.05) is 29.8 Å². The van der Waals surface area contributed by atoms with Crippen molar-refractivity contribution in [3.63, 3.8) is 0 Å². The van der Waals surface area contributed by atoms with E-state index in [1.54, 1.807) is 31.2 Å². The molecule has 1 atom stereocenters. The SMILES string of the molecule is CCOC(=O)C1=C(N)Oc2c(c(=O)oc3ccccc23)C1c1c(F)cccc1Cl. The summed E-state index contributed by atoms with van der Waals surface area (Å²) < 4.78 is 31.0. The molecule has 4 rings (SSSR count). The Kier molecular flexibility index (Phi) is 4.76. The Balaban J connectivity index is 2.10. The number of carbonyl (C=O) groups is 1. The number of para-hydroxylation sites is 1. The molecule has 148 valence electrons. The van der Waals surface area contributed by atoms with Gasteiger partial charge in [-0.15, -0.1) is 0 Å². The molecule has 2 heterocycles. The molecule has 6 nitrogen and oxygen atoms in total. The van der Waals surface area contributed by atoms with Crippen LogP contribution in [0.3, 0.4) is 0 Å². The largest absolute Gasteiger partial charge is 0.462 e. The first kappa shape index (κ1) is 19.0. The maximum absolute atomic E-state index is 14.9. The highest BCUT2D eigenvalue weighted by molar-refractivity contribution is 6.31. The van der Waals surface area contributed by atoms with Crippen molar-refractivity contribution in [2.45, 2.75) is 12.8 Å². The summed E-state index contributed by atoms with van der Waals surface area (Å²) in [6.07, 6.45) is 0. The number of halogens is 2. The Hall–Kier alpha value is -3.32. The summed E-state index contributed by atoms with van der Waals surface area (Å²) in [5.74, 6) is -3.01. The Morgan fingerprint density at radius 3 is 2.69 bits per heavy atom. The lowest BCUT2D eigenvalue weighted by atomic mass is 9.83. The lowest BCUT2D eigenvalue weighted by Crippen LogP contribution is -2.31. The minimum absolute atomic E-state index is 0.0185. The smallest absolute Gasteiger partial charge is 0.344 e. The fourth-order valence-corrected chi connectivity index (χ4v) is 3.72. The van der Waals surface area contributed by atoms with Gasteiger partial charge in [-0.25, -0.2) is 14.0 Å². The predicted octanol–water partition coefficient (Wildman–Crippen LogP) is 3.84. The summed E-state index contributed by atoms with van der Waals surface area (Å²) in [5, 5.41) is 0.468. The molecule has 1 aliphatic heterocycles. The fraction of sp³-hybridized carbons (Fsp3) is 0.143. The summed E-state index contributed by atoms with van der Waals surface area (Å²) in [4.78, 5) is 25.6. The quantitative estimate of drug-likeness (QED) is 0.516. The summed E-state index contributed by atoms with van der Waals surface area (Å²) in [6, 6.07) is 10.7. The van der Waals surface area contributed by atoms with E-state index < -0.39 is 23.3 Å². The summed E-state index contributed by atoms with van der Waals surface area (Å²) >= 11 is 6.27. The van der Waals surface area contributed by atoms with E-state index >= 15 is 0 Å². The van der Waals surface area contributed by atoms with Gasteiger partial charge in [0.25, 0.3) is 0 Å². The fourth-order valence-electron chi connectivity index (χ4n) is 3.45. The third-order valence-corrected chi connectivity index (χ3v) is 4.97. The van der Waals surface area contributed by atoms with Crippen molar-refractivity contribution in [3.8, 4) is 5.75 Å². The van der Waals surface area contributed by atoms with Crippen LogP contribution < -0.4 is 16.1 Å². The first-order valence-electron chi connectivity index (χ1n) is 8.78. The summed E-state index contributed by atoms with van der Waals surface area (Å²) in [7, 11) is 0. The molecule has 2 N–H and O–H groups in total. The van der Waals surface area contributed by atoms with E-state index in [0.29, 0.717) is 5.39 Å². The summed E-state index contributed by atoms with van der Waals surface area (Å²) in [6.45, 7) is 1.66. The highest BCUT2D eigenvalue weighted by Gasteiger charge is 2.41. The third kappa shape index (κ3) is 3.03. The minimum atomic E-state index is -1.26. The van der Waals surface area contributed by atoms with Crippen LogP contribution in [0.2, 0.25) is 5.02 Å². The Labute approximate surface area is 169 Å². The number of hydrogen-bond acceptors (Lipinski definition) is 6. The molecule has 0 spiro atoms. The average Bonchev–Trinajstić information content (AvgIpc) is 2.67. The number of fused-ring (bicyclic) bond motifs is 3. The molecule has 0 bridgehead atoms. The lowest BCUT2D eigenvalue weighted by molar-refractivity contribution is -0.139. The van der Waals surface area contributed by atoms with Gasteiger partial charge >= 0.3 is 11.6 Å². The second kappa shape index (κ2) is 7.25. The monoisotopic (exact) mass is 415 g/mol. The van der Waals surface area contributed by atoms with Crippen LogP contribution in [0.4, 0.5) is 4.39 Å². The Morgan fingerprint density at radius 1 is 1.21 bits per heavy atom. The number of nitrogens with two attached hydrogens (primary N) is 1. The number of esters is 1. The van der Waals surface area contributed by atoms with Gasteiger partial charge in [0.2, 0.25) is 5.88 Å². The van der Waals surface area contributed by atoms with Gasteiger partial charge in [0, 0.05) is 10.6 Å². The molecule has 0 saturated heterocycles. The molecule has 1 aliphatic rings. The van der Waals surface area contributed by atoms with Crippen molar-refractivity contribution >= 4 is 28.5 Å². The molecule has 0 radical (unpaired) electrons. The molecule has 8 heteroatoms. The second-order valence-electron chi connectivity index (χ2n) is 6.30. The normalized spacial score (nSPS) is 15.8. The number of benzene rings is 2. The molecular formula is C21H15ClFNO5. The Bertz CT molecular complexity index is 1210. The first-order valence-corrected chi connectivity index (χ1v) is 9.16. The van der Waals surface area contributed by atoms with Crippen LogP contribution >= 0.6 is 11.6 Å². The standard InChI is InChI=1S/C21H15ClFNO5/c1-2-27-20(25)17-15(14-11(22)7-5-8-12(14)23)16-18(29-19(17)24)10-6-3-4-9-13(10)28-21(16)26/h3-9,15H,2,24H2,1H3. The van der Waals surface area contributed by atoms with Crippen LogP contribution in [-0.4, -0.2) is 12.6 Å². The maximum atomic E-state index is 14.9. The van der Waals surface area contributed by atoms with Crippen LogP contribution in [-0.2, 0) is 9.53 Å². The second-order valence-corrected chi connectivity index (χ2v) is 6.70. The minimum Gasteiger partial charge on any atom is -0.462 e. The maximum Gasteiger partial charge on any atom is 0.344 e. The van der Waals surface area contributed by atoms with Gasteiger partial charge < -0.3 is 19.6 Å². The van der Waals surface area contributed by atoms with Crippen molar-refractivity contribution in [1.29, 1.82) is 0 Å². The van der Waals surface area contributed by atoms with Crippen molar-refractivity contribution in [3.05, 3.63) is 86.3 Å². The molecule has 29 heavy (non-hydrogen) atoms. The van der Waals surface area contributed by atoms with E-state index in [4.69, 9.17) is 31.2 Å². The van der Waals surface area contributed by atoms with Gasteiger partial charge in [0.15, 0.2) is 5.75 Å². The number of rotatable bonds is 3. The summed E-state index contributed by atoms with van der Waals surface area (Å²) in [5.41, 5.74) is 5.14. The zero-order valence-electron chi connectivity index (χ0n) is 15.2. The van der Waals surface area contributed by atoms with Crippen LogP contribution in [0.1, 0.15) is 24.0 Å². The van der Waals surface area contributed by atoms with Crippen molar-refractivity contribution in [1.82, 2.24) is 0 Å². The molecule has 3 aromatic rings. The molecule has 1 unspecified atom stereocenters. The lowest BCUT2D eigenvalue weighted by Gasteiger charge is -2.28. The molecule has 2 aromatic carbocycles. The highest BCUT2D eigenvalue weighted by atomic mass is 35.5. The molecule has 0 aliphatic carbocycles. The highest BCUT2D eigenvalue weighted by Crippen LogP contribution is 2.46. The average molecular weight is 416 g/mol. The van der Waals surface area contributed by atoms with Crippen LogP contribution in [0.25, 0.3) is 11.0 Å². The van der Waals surface area contributed by atoms with E-state index in [2.05, 4.69) is 0 Å². The third-order valence-electron chi connectivity index (χ3n) is 4.64. The predicted molar refractivity (Wildman–Crippen MR) is 104 cm³/mol. The molecule has 1 aromatic heterocycles. The van der Waals surface area contributed by atoms with Crippen LogP contribution in [0.5, 0.6) is 5.75 Å². The van der Waals surface area contributed by atoms with Gasteiger partial charge in [-0.2, -0.15) is 0 Å². The molecule has 0 amide bonds. The zero-order chi connectivity index (χ0) is 20.7. The van der Waals surface area contributed by atoms with Crippen molar-refractivity contribution in [2.24, 2.45) is 5.73 Å². The van der Waals surface area contributed by atoms with Gasteiger partial charge in [0.05, 0.1) is 23.5 Å². The van der Waals surface area contributed by atoms with Crippen LogP contribution in [0.15, 0.2) is 63.1 Å². The van der Waals surface area contributed by atoms with Gasteiger partial charge in [-0.3, -0.25) is 0 Å². The first-order chi connectivity index (χ1) is 13.9. The number of carbonyl (C=O) groups excluding carboxylic acids is 1. The van der Waals surface area contributed by atoms with E-state index in [1.807, 2.05) is 0 Å². The van der Waals surface area contributed by atoms with E-state index in [0.717, 1.165) is 0 Å². The van der Waals surface area contributed by atoms with Gasteiger partial charge in [0.1, 0.15) is 17.0 Å². The van der Waals surface area contributed by atoms with E-state index in [1.165, 1.54) is 18.2 Å². The van der Waals surface area contributed by atoms with Crippen molar-refractivity contribution < 1.29 is 23.1 Å². The molecule has 0 fully saturated rings. The van der Waals surface area contributed by atoms with Gasteiger partial charge in [-0.05, 0) is 31.2 Å². The zero-order valence-corrected chi connectivity index (χ0v) is 16.0. The molecular weight excluding hydrogens is 401 g/mol. The topological polar surface area (TPSA) is 91.8 Å². The van der Waals surface area contributed by atoms with E-state index in [-0.39, 0.29) is 45.5 Å². The number of ether oxygens (including phenoxy) is 2. The van der Waals surface area contributed by atoms with Crippen LogP contribution in [0, 0.1) is 5.82 Å². The molecule has 0 saturated carbocycles. The number of hydrogen-bond donors (Lipinski definition) is 1. The Morgan fingerprint density at radius 2 is 1.97 bits per heavy atom. The van der Waals surface area contributed by atoms with E-state index in [9.17, 15) is 14.0 Å². The van der Waals surface area contributed by atoms with Crippen molar-refractivity contribution in [2.75, 3.05) is 6.61 Å².